The zero-order chi connectivity index (χ0) is 14.0. The highest BCUT2D eigenvalue weighted by molar-refractivity contribution is 5.42. The van der Waals surface area contributed by atoms with Gasteiger partial charge in [-0.3, -0.25) is 0 Å². The Balaban J connectivity index is 2.45. The highest BCUT2D eigenvalue weighted by atomic mass is 19.2. The highest BCUT2D eigenvalue weighted by Crippen LogP contribution is 2.31. The number of hydrogen-bond donors (Lipinski definition) is 1. The summed E-state index contributed by atoms with van der Waals surface area (Å²) in [5, 5.41) is 10.3. The van der Waals surface area contributed by atoms with Gasteiger partial charge in [-0.15, -0.1) is 0 Å². The molecule has 1 N–H and O–H groups in total. The van der Waals surface area contributed by atoms with Gasteiger partial charge in [0.05, 0.1) is 7.11 Å². The molecule has 0 aliphatic heterocycles. The summed E-state index contributed by atoms with van der Waals surface area (Å²) in [4.78, 5) is 0. The smallest absolute Gasteiger partial charge is 0.159 e. The summed E-state index contributed by atoms with van der Waals surface area (Å²) in [6.07, 6.45) is -1.06. The molecule has 0 heterocycles. The van der Waals surface area contributed by atoms with Crippen molar-refractivity contribution in [2.75, 3.05) is 7.11 Å². The molecule has 0 spiro atoms. The van der Waals surface area contributed by atoms with Crippen molar-refractivity contribution in [1.82, 2.24) is 0 Å². The fourth-order valence-electron chi connectivity index (χ4n) is 1.93. The van der Waals surface area contributed by atoms with Crippen LogP contribution in [0.15, 0.2) is 36.4 Å². The van der Waals surface area contributed by atoms with E-state index in [4.69, 9.17) is 4.74 Å². The lowest BCUT2D eigenvalue weighted by Crippen LogP contribution is -2.04. The Morgan fingerprint density at radius 1 is 1.05 bits per heavy atom. The minimum absolute atomic E-state index is 0.280. The molecule has 0 aliphatic carbocycles. The van der Waals surface area contributed by atoms with E-state index in [0.29, 0.717) is 11.3 Å². The van der Waals surface area contributed by atoms with Gasteiger partial charge in [-0.2, -0.15) is 0 Å². The van der Waals surface area contributed by atoms with Gasteiger partial charge in [-0.05, 0) is 36.8 Å². The number of rotatable bonds is 3. The lowest BCUT2D eigenvalue weighted by atomic mass is 9.99. The summed E-state index contributed by atoms with van der Waals surface area (Å²) in [6, 6.07) is 8.67. The summed E-state index contributed by atoms with van der Waals surface area (Å²) in [5.74, 6) is -1.42. The number of benzene rings is 2. The largest absolute Gasteiger partial charge is 0.496 e. The van der Waals surface area contributed by atoms with Crippen LogP contribution in [0.25, 0.3) is 0 Å². The van der Waals surface area contributed by atoms with E-state index in [-0.39, 0.29) is 5.56 Å². The molecule has 100 valence electrons. The predicted molar refractivity (Wildman–Crippen MR) is 68.2 cm³/mol. The molecule has 1 unspecified atom stereocenters. The molecule has 0 saturated heterocycles. The Kier molecular flexibility index (Phi) is 3.81. The van der Waals surface area contributed by atoms with Gasteiger partial charge >= 0.3 is 0 Å². The van der Waals surface area contributed by atoms with Crippen molar-refractivity contribution in [3.05, 3.63) is 64.7 Å². The average molecular weight is 264 g/mol. The van der Waals surface area contributed by atoms with Crippen LogP contribution in [0.4, 0.5) is 8.78 Å². The summed E-state index contributed by atoms with van der Waals surface area (Å²) >= 11 is 0. The fourth-order valence-corrected chi connectivity index (χ4v) is 1.93. The second-order valence-corrected chi connectivity index (χ2v) is 4.32. The molecule has 0 saturated carbocycles. The van der Waals surface area contributed by atoms with Gasteiger partial charge in [0.2, 0.25) is 0 Å². The lowest BCUT2D eigenvalue weighted by Gasteiger charge is -2.16. The Morgan fingerprint density at radius 2 is 1.79 bits per heavy atom. The van der Waals surface area contributed by atoms with Crippen LogP contribution in [0.2, 0.25) is 0 Å². The van der Waals surface area contributed by atoms with Gasteiger partial charge in [0.25, 0.3) is 0 Å². The minimum Gasteiger partial charge on any atom is -0.496 e. The van der Waals surface area contributed by atoms with E-state index in [9.17, 15) is 13.9 Å². The maximum Gasteiger partial charge on any atom is 0.159 e. The molecule has 0 fully saturated rings. The molecule has 0 bridgehead atoms. The van der Waals surface area contributed by atoms with E-state index in [1.54, 1.807) is 12.1 Å². The summed E-state index contributed by atoms with van der Waals surface area (Å²) in [5.41, 5.74) is 1.74. The van der Waals surface area contributed by atoms with E-state index in [2.05, 4.69) is 0 Å². The molecule has 0 radical (unpaired) electrons. The Hall–Kier alpha value is -1.94. The van der Waals surface area contributed by atoms with Gasteiger partial charge in [-0.1, -0.05) is 17.7 Å². The van der Waals surface area contributed by atoms with Crippen LogP contribution >= 0.6 is 0 Å². The first-order valence-electron chi connectivity index (χ1n) is 5.80. The second-order valence-electron chi connectivity index (χ2n) is 4.32. The van der Waals surface area contributed by atoms with Gasteiger partial charge < -0.3 is 9.84 Å². The molecule has 19 heavy (non-hydrogen) atoms. The number of aliphatic hydroxyl groups excluding tert-OH is 1. The van der Waals surface area contributed by atoms with Gasteiger partial charge in [-0.25, -0.2) is 8.78 Å². The average Bonchev–Trinajstić information content (AvgIpc) is 2.41. The molecular weight excluding hydrogens is 250 g/mol. The minimum atomic E-state index is -1.06. The van der Waals surface area contributed by atoms with Crippen molar-refractivity contribution in [2.45, 2.75) is 13.0 Å². The van der Waals surface area contributed by atoms with Gasteiger partial charge in [0, 0.05) is 5.56 Å². The van der Waals surface area contributed by atoms with Crippen molar-refractivity contribution in [3.63, 3.8) is 0 Å². The second kappa shape index (κ2) is 5.36. The maximum absolute atomic E-state index is 13.2. The van der Waals surface area contributed by atoms with Crippen molar-refractivity contribution in [1.29, 1.82) is 0 Å². The number of aliphatic hydroxyl groups is 1. The van der Waals surface area contributed by atoms with E-state index < -0.39 is 17.7 Å². The number of hydrogen-bond acceptors (Lipinski definition) is 2. The molecule has 0 aromatic heterocycles. The number of aryl methyl sites for hydroxylation is 1. The Morgan fingerprint density at radius 3 is 2.42 bits per heavy atom. The molecule has 2 aromatic carbocycles. The molecule has 1 atom stereocenters. The van der Waals surface area contributed by atoms with Crippen LogP contribution in [0.3, 0.4) is 0 Å². The first kappa shape index (κ1) is 13.5. The topological polar surface area (TPSA) is 29.5 Å². The third-order valence-corrected chi connectivity index (χ3v) is 2.94. The van der Waals surface area contributed by atoms with Gasteiger partial charge in [0.1, 0.15) is 11.9 Å². The lowest BCUT2D eigenvalue weighted by molar-refractivity contribution is 0.214. The summed E-state index contributed by atoms with van der Waals surface area (Å²) in [6.45, 7) is 1.88. The summed E-state index contributed by atoms with van der Waals surface area (Å²) in [7, 11) is 1.49. The third kappa shape index (κ3) is 2.74. The van der Waals surface area contributed by atoms with Crippen LogP contribution < -0.4 is 4.74 Å². The number of ether oxygens (including phenoxy) is 1. The number of halogens is 2. The van der Waals surface area contributed by atoms with Crippen molar-refractivity contribution < 1.29 is 18.6 Å². The normalized spacial score (nSPS) is 12.3. The predicted octanol–water partition coefficient (Wildman–Crippen LogP) is 3.36. The first-order chi connectivity index (χ1) is 9.02. The van der Waals surface area contributed by atoms with Crippen molar-refractivity contribution in [2.24, 2.45) is 0 Å². The van der Waals surface area contributed by atoms with Crippen molar-refractivity contribution >= 4 is 0 Å². The summed E-state index contributed by atoms with van der Waals surface area (Å²) < 4.78 is 31.3. The molecule has 2 nitrogen and oxygen atoms in total. The molecule has 2 aromatic rings. The standard InChI is InChI=1S/C15H14F2O2/c1-9-3-6-14(19-2)11(7-9)15(18)10-4-5-12(16)13(17)8-10/h3-8,15,18H,1-2H3. The van der Waals surface area contributed by atoms with E-state index in [0.717, 1.165) is 17.7 Å². The first-order valence-corrected chi connectivity index (χ1v) is 5.80. The monoisotopic (exact) mass is 264 g/mol. The van der Waals surface area contributed by atoms with Crippen LogP contribution in [0.5, 0.6) is 5.75 Å². The van der Waals surface area contributed by atoms with Crippen molar-refractivity contribution in [3.8, 4) is 5.75 Å². The molecule has 2 rings (SSSR count). The zero-order valence-electron chi connectivity index (χ0n) is 10.7. The Labute approximate surface area is 110 Å². The SMILES string of the molecule is COc1ccc(C)cc1C(O)c1ccc(F)c(F)c1. The van der Waals surface area contributed by atoms with E-state index >= 15 is 0 Å². The molecule has 4 heteroatoms. The fraction of sp³-hybridized carbons (Fsp3) is 0.200. The third-order valence-electron chi connectivity index (χ3n) is 2.94. The van der Waals surface area contributed by atoms with Crippen LogP contribution in [-0.4, -0.2) is 12.2 Å². The van der Waals surface area contributed by atoms with E-state index in [1.165, 1.54) is 13.2 Å². The highest BCUT2D eigenvalue weighted by Gasteiger charge is 2.17. The zero-order valence-corrected chi connectivity index (χ0v) is 10.7. The van der Waals surface area contributed by atoms with Crippen LogP contribution in [-0.2, 0) is 0 Å². The molecular formula is C15H14F2O2. The van der Waals surface area contributed by atoms with Crippen LogP contribution in [0, 0.1) is 18.6 Å². The van der Waals surface area contributed by atoms with Crippen LogP contribution in [0.1, 0.15) is 22.8 Å². The number of methoxy groups -OCH3 is 1. The molecule has 0 amide bonds. The Bertz CT molecular complexity index is 597. The van der Waals surface area contributed by atoms with Gasteiger partial charge in [0.15, 0.2) is 11.6 Å². The maximum atomic E-state index is 13.2. The quantitative estimate of drug-likeness (QED) is 0.921. The molecule has 0 aliphatic rings. The van der Waals surface area contributed by atoms with E-state index in [1.807, 2.05) is 13.0 Å².